The number of nitrogens with one attached hydrogen (secondary N) is 1. The van der Waals surface area contributed by atoms with Crippen molar-refractivity contribution in [3.8, 4) is 12.3 Å². The maximum absolute atomic E-state index is 10.9. The highest BCUT2D eigenvalue weighted by molar-refractivity contribution is 5.88. The van der Waals surface area contributed by atoms with Crippen LogP contribution in [-0.4, -0.2) is 26.5 Å². The molecule has 0 aliphatic carbocycles. The van der Waals surface area contributed by atoms with Gasteiger partial charge in [-0.1, -0.05) is 5.92 Å². The molecule has 1 aromatic heterocycles. The number of hydrogen-bond acceptors (Lipinski definition) is 5. The number of aromatic nitrogens is 1. The van der Waals surface area contributed by atoms with E-state index >= 15 is 0 Å². The van der Waals surface area contributed by atoms with Gasteiger partial charge in [0.2, 0.25) is 5.82 Å². The highest BCUT2D eigenvalue weighted by Crippen LogP contribution is 2.25. The van der Waals surface area contributed by atoms with Gasteiger partial charge < -0.3 is 10.4 Å². The Morgan fingerprint density at radius 2 is 2.28 bits per heavy atom. The molecule has 0 aliphatic rings. The average Bonchev–Trinajstić information content (AvgIpc) is 2.28. The first-order chi connectivity index (χ1) is 8.26. The number of pyridine rings is 1. The van der Waals surface area contributed by atoms with Gasteiger partial charge in [-0.25, -0.2) is 9.78 Å². The Morgan fingerprint density at radius 3 is 2.72 bits per heavy atom. The van der Waals surface area contributed by atoms with E-state index in [-0.39, 0.29) is 11.4 Å². The van der Waals surface area contributed by atoms with Gasteiger partial charge in [-0.2, -0.15) is 0 Å². The smallest absolute Gasteiger partial charge is 0.337 e. The molecule has 0 saturated heterocycles. The van der Waals surface area contributed by atoms with Crippen LogP contribution in [-0.2, 0) is 0 Å². The number of anilines is 1. The van der Waals surface area contributed by atoms with E-state index in [1.165, 1.54) is 0 Å². The number of carbonyl (C=O) groups is 1. The molecule has 0 fully saturated rings. The molecule has 1 heterocycles. The van der Waals surface area contributed by atoms with Gasteiger partial charge in [0.15, 0.2) is 0 Å². The summed E-state index contributed by atoms with van der Waals surface area (Å²) in [5.74, 6) is 1.06. The van der Waals surface area contributed by atoms with E-state index in [0.717, 1.165) is 12.3 Å². The van der Waals surface area contributed by atoms with Gasteiger partial charge in [-0.15, -0.1) is 6.42 Å². The standard InChI is InChI=1S/C11H11N3O4/c1-4-11(2,3)13-9-8(14(17)18)5-7(6-12-9)10(15)16/h1,5-6H,2-3H3,(H,12,13)(H,15,16). The highest BCUT2D eigenvalue weighted by atomic mass is 16.6. The second-order valence-corrected chi connectivity index (χ2v) is 4.05. The van der Waals surface area contributed by atoms with Crippen LogP contribution in [0.2, 0.25) is 0 Å². The lowest BCUT2D eigenvalue weighted by Gasteiger charge is -2.19. The molecule has 0 atom stereocenters. The number of carboxylic acids is 1. The molecule has 0 bridgehead atoms. The van der Waals surface area contributed by atoms with Crippen LogP contribution in [0.1, 0.15) is 24.2 Å². The maximum atomic E-state index is 10.9. The molecule has 1 rings (SSSR count). The Kier molecular flexibility index (Phi) is 3.52. The van der Waals surface area contributed by atoms with E-state index in [4.69, 9.17) is 11.5 Å². The number of nitro groups is 1. The molecule has 0 aromatic carbocycles. The number of terminal acetylenes is 1. The molecule has 0 radical (unpaired) electrons. The summed E-state index contributed by atoms with van der Waals surface area (Å²) in [7, 11) is 0. The molecule has 0 amide bonds. The zero-order valence-electron chi connectivity index (χ0n) is 9.80. The van der Waals surface area contributed by atoms with Gasteiger partial charge in [0, 0.05) is 12.3 Å². The topological polar surface area (TPSA) is 105 Å². The summed E-state index contributed by atoms with van der Waals surface area (Å²) in [6.45, 7) is 3.28. The van der Waals surface area contributed by atoms with Gasteiger partial charge in [-0.05, 0) is 13.8 Å². The quantitative estimate of drug-likeness (QED) is 0.476. The molecule has 0 aliphatic heterocycles. The molecule has 2 N–H and O–H groups in total. The summed E-state index contributed by atoms with van der Waals surface area (Å²) < 4.78 is 0. The summed E-state index contributed by atoms with van der Waals surface area (Å²) in [6, 6.07) is 0.935. The lowest BCUT2D eigenvalue weighted by molar-refractivity contribution is -0.384. The maximum Gasteiger partial charge on any atom is 0.337 e. The van der Waals surface area contributed by atoms with Crippen LogP contribution in [0.15, 0.2) is 12.3 Å². The lowest BCUT2D eigenvalue weighted by atomic mass is 10.1. The van der Waals surface area contributed by atoms with Crippen LogP contribution >= 0.6 is 0 Å². The molecule has 0 unspecified atom stereocenters. The van der Waals surface area contributed by atoms with Crippen molar-refractivity contribution in [3.05, 3.63) is 27.9 Å². The van der Waals surface area contributed by atoms with Crippen LogP contribution in [0, 0.1) is 22.5 Å². The van der Waals surface area contributed by atoms with E-state index in [9.17, 15) is 14.9 Å². The minimum atomic E-state index is -1.28. The first-order valence-electron chi connectivity index (χ1n) is 4.90. The van der Waals surface area contributed by atoms with Crippen molar-refractivity contribution in [2.45, 2.75) is 19.4 Å². The third-order valence-corrected chi connectivity index (χ3v) is 2.10. The summed E-state index contributed by atoms with van der Waals surface area (Å²) >= 11 is 0. The third kappa shape index (κ3) is 2.95. The number of aromatic carboxylic acids is 1. The molecule has 7 heteroatoms. The molecule has 1 aromatic rings. The molecule has 0 spiro atoms. The van der Waals surface area contributed by atoms with E-state index in [0.29, 0.717) is 0 Å². The van der Waals surface area contributed by atoms with Crippen molar-refractivity contribution in [2.24, 2.45) is 0 Å². The van der Waals surface area contributed by atoms with E-state index in [1.54, 1.807) is 13.8 Å². The minimum absolute atomic E-state index is 0.0621. The van der Waals surface area contributed by atoms with Gasteiger partial charge >= 0.3 is 11.7 Å². The van der Waals surface area contributed by atoms with Gasteiger partial charge in [-0.3, -0.25) is 10.1 Å². The Hall–Kier alpha value is -2.62. The molecule has 94 valence electrons. The Morgan fingerprint density at radius 1 is 1.67 bits per heavy atom. The van der Waals surface area contributed by atoms with E-state index < -0.39 is 22.1 Å². The van der Waals surface area contributed by atoms with E-state index in [2.05, 4.69) is 16.2 Å². The van der Waals surface area contributed by atoms with Crippen LogP contribution < -0.4 is 5.32 Å². The average molecular weight is 249 g/mol. The number of nitrogens with zero attached hydrogens (tertiary/aromatic N) is 2. The summed E-state index contributed by atoms with van der Waals surface area (Å²) in [6.07, 6.45) is 6.29. The normalized spacial score (nSPS) is 10.5. The van der Waals surface area contributed by atoms with Crippen molar-refractivity contribution in [3.63, 3.8) is 0 Å². The van der Waals surface area contributed by atoms with Crippen LogP contribution in [0.25, 0.3) is 0 Å². The third-order valence-electron chi connectivity index (χ3n) is 2.10. The van der Waals surface area contributed by atoms with Crippen LogP contribution in [0.4, 0.5) is 11.5 Å². The molecule has 7 nitrogen and oxygen atoms in total. The summed E-state index contributed by atoms with van der Waals surface area (Å²) in [5, 5.41) is 22.3. The Bertz CT molecular complexity index is 546. The molecule has 18 heavy (non-hydrogen) atoms. The predicted molar refractivity (Wildman–Crippen MR) is 64.4 cm³/mol. The van der Waals surface area contributed by atoms with Crippen molar-refractivity contribution in [1.82, 2.24) is 4.98 Å². The first-order valence-corrected chi connectivity index (χ1v) is 4.90. The van der Waals surface area contributed by atoms with Crippen molar-refractivity contribution >= 4 is 17.5 Å². The monoisotopic (exact) mass is 249 g/mol. The molecular formula is C11H11N3O4. The Labute approximate surface area is 103 Å². The SMILES string of the molecule is C#CC(C)(C)Nc1ncc(C(=O)O)cc1[N+](=O)[O-]. The van der Waals surface area contributed by atoms with Crippen molar-refractivity contribution in [2.75, 3.05) is 5.32 Å². The van der Waals surface area contributed by atoms with Crippen LogP contribution in [0.3, 0.4) is 0 Å². The fourth-order valence-corrected chi connectivity index (χ4v) is 1.14. The van der Waals surface area contributed by atoms with Gasteiger partial charge in [0.05, 0.1) is 16.0 Å². The van der Waals surface area contributed by atoms with Crippen molar-refractivity contribution < 1.29 is 14.8 Å². The van der Waals surface area contributed by atoms with Gasteiger partial charge in [0.25, 0.3) is 0 Å². The fraction of sp³-hybridized carbons (Fsp3) is 0.273. The predicted octanol–water partition coefficient (Wildman–Crippen LogP) is 1.51. The summed E-state index contributed by atoms with van der Waals surface area (Å²) in [5.41, 5.74) is -1.52. The first kappa shape index (κ1) is 13.4. The molecule has 0 saturated carbocycles. The minimum Gasteiger partial charge on any atom is -0.478 e. The zero-order chi connectivity index (χ0) is 13.9. The number of carboxylic acid groups (broad SMARTS) is 1. The van der Waals surface area contributed by atoms with Crippen LogP contribution in [0.5, 0.6) is 0 Å². The molecular weight excluding hydrogens is 238 g/mol. The number of hydrogen-bond donors (Lipinski definition) is 2. The second kappa shape index (κ2) is 4.71. The number of rotatable bonds is 4. The van der Waals surface area contributed by atoms with E-state index in [1.807, 2.05) is 0 Å². The second-order valence-electron chi connectivity index (χ2n) is 4.05. The lowest BCUT2D eigenvalue weighted by Crippen LogP contribution is -2.29. The van der Waals surface area contributed by atoms with Crippen molar-refractivity contribution in [1.29, 1.82) is 0 Å². The zero-order valence-corrected chi connectivity index (χ0v) is 9.80. The fourth-order valence-electron chi connectivity index (χ4n) is 1.14. The highest BCUT2D eigenvalue weighted by Gasteiger charge is 2.23. The Balaban J connectivity index is 3.25. The summed E-state index contributed by atoms with van der Waals surface area (Å²) in [4.78, 5) is 24.6. The van der Waals surface area contributed by atoms with Gasteiger partial charge in [0.1, 0.15) is 0 Å². The largest absolute Gasteiger partial charge is 0.478 e.